The normalized spacial score (nSPS) is 16.2. The fraction of sp³-hybridized carbons (Fsp3) is 0.600. The molecule has 5 heteroatoms. The highest BCUT2D eigenvalue weighted by molar-refractivity contribution is 5.97. The zero-order chi connectivity index (χ0) is 14.9. The van der Waals surface area contributed by atoms with E-state index in [9.17, 15) is 4.79 Å². The lowest BCUT2D eigenvalue weighted by Gasteiger charge is -2.31. The summed E-state index contributed by atoms with van der Waals surface area (Å²) >= 11 is 0. The minimum atomic E-state index is -0.0809. The molecular weight excluding hydrogens is 252 g/mol. The molecule has 0 bridgehead atoms. The third-order valence-electron chi connectivity index (χ3n) is 3.90. The highest BCUT2D eigenvalue weighted by atomic mass is 16.2. The number of anilines is 1. The number of nitrogens with one attached hydrogen (secondary N) is 1. The van der Waals surface area contributed by atoms with Crippen LogP contribution in [-0.4, -0.2) is 34.1 Å². The fourth-order valence-electron chi connectivity index (χ4n) is 2.50. The van der Waals surface area contributed by atoms with Crippen molar-refractivity contribution in [2.75, 3.05) is 18.8 Å². The summed E-state index contributed by atoms with van der Waals surface area (Å²) in [5.41, 5.74) is 9.22. The standard InChI is InChI=1S/C15H24N4O/c1-5-11-12(16)13(18-17-11)14(20)19-8-6-10(7-9-19)15(2,3)4/h6H,5,7-9,16H2,1-4H3,(H,17,18). The van der Waals surface area contributed by atoms with Gasteiger partial charge in [-0.05, 0) is 18.3 Å². The topological polar surface area (TPSA) is 75.0 Å². The second kappa shape index (κ2) is 5.31. The van der Waals surface area contributed by atoms with Gasteiger partial charge in [0.25, 0.3) is 5.91 Å². The lowest BCUT2D eigenvalue weighted by atomic mass is 9.83. The van der Waals surface area contributed by atoms with Crippen LogP contribution in [0.4, 0.5) is 5.69 Å². The first-order valence-corrected chi connectivity index (χ1v) is 7.16. The number of aryl methyl sites for hydroxylation is 1. The van der Waals surface area contributed by atoms with Crippen LogP contribution in [0.5, 0.6) is 0 Å². The van der Waals surface area contributed by atoms with Crippen molar-refractivity contribution in [2.45, 2.75) is 40.5 Å². The first kappa shape index (κ1) is 14.6. The van der Waals surface area contributed by atoms with Gasteiger partial charge in [0, 0.05) is 13.1 Å². The molecule has 0 unspecified atom stereocenters. The summed E-state index contributed by atoms with van der Waals surface area (Å²) in [6.45, 7) is 9.97. The number of carbonyl (C=O) groups is 1. The molecular formula is C15H24N4O. The predicted octanol–water partition coefficient (Wildman–Crippen LogP) is 2.37. The van der Waals surface area contributed by atoms with Crippen molar-refractivity contribution in [2.24, 2.45) is 5.41 Å². The van der Waals surface area contributed by atoms with E-state index < -0.39 is 0 Å². The number of nitrogens with zero attached hydrogens (tertiary/aromatic N) is 2. The van der Waals surface area contributed by atoms with E-state index in [2.05, 4.69) is 37.0 Å². The third kappa shape index (κ3) is 2.71. The first-order chi connectivity index (χ1) is 9.34. The Labute approximate surface area is 120 Å². The number of H-pyrrole nitrogens is 1. The van der Waals surface area contributed by atoms with Crippen LogP contribution in [0.15, 0.2) is 11.6 Å². The average Bonchev–Trinajstić information content (AvgIpc) is 2.78. The first-order valence-electron chi connectivity index (χ1n) is 7.16. The van der Waals surface area contributed by atoms with Gasteiger partial charge in [-0.3, -0.25) is 9.89 Å². The molecule has 2 heterocycles. The van der Waals surface area contributed by atoms with Gasteiger partial charge in [-0.25, -0.2) is 0 Å². The SMILES string of the molecule is CCc1[nH]nc(C(=O)N2CC=C(C(C)(C)C)CC2)c1N. The summed E-state index contributed by atoms with van der Waals surface area (Å²) in [5, 5.41) is 6.91. The van der Waals surface area contributed by atoms with E-state index in [4.69, 9.17) is 5.73 Å². The largest absolute Gasteiger partial charge is 0.395 e. The number of hydrogen-bond acceptors (Lipinski definition) is 3. The lowest BCUT2D eigenvalue weighted by Crippen LogP contribution is -2.36. The summed E-state index contributed by atoms with van der Waals surface area (Å²) in [4.78, 5) is 14.2. The Morgan fingerprint density at radius 1 is 1.50 bits per heavy atom. The van der Waals surface area contributed by atoms with E-state index in [1.54, 1.807) is 4.90 Å². The molecule has 1 aliphatic rings. The van der Waals surface area contributed by atoms with Crippen molar-refractivity contribution in [1.82, 2.24) is 15.1 Å². The van der Waals surface area contributed by atoms with E-state index in [1.807, 2.05) is 6.92 Å². The maximum atomic E-state index is 12.4. The van der Waals surface area contributed by atoms with E-state index in [-0.39, 0.29) is 11.3 Å². The zero-order valence-electron chi connectivity index (χ0n) is 12.8. The number of aromatic nitrogens is 2. The van der Waals surface area contributed by atoms with Crippen LogP contribution < -0.4 is 5.73 Å². The number of nitrogen functional groups attached to an aromatic ring is 1. The molecule has 2 rings (SSSR count). The van der Waals surface area contributed by atoms with Crippen molar-refractivity contribution in [1.29, 1.82) is 0 Å². The smallest absolute Gasteiger partial charge is 0.276 e. The van der Waals surface area contributed by atoms with Crippen molar-refractivity contribution >= 4 is 11.6 Å². The van der Waals surface area contributed by atoms with Crippen molar-refractivity contribution in [3.63, 3.8) is 0 Å². The van der Waals surface area contributed by atoms with Crippen LogP contribution in [0.3, 0.4) is 0 Å². The molecule has 110 valence electrons. The summed E-state index contributed by atoms with van der Waals surface area (Å²) in [6, 6.07) is 0. The van der Waals surface area contributed by atoms with Crippen LogP contribution in [0.25, 0.3) is 0 Å². The second-order valence-corrected chi connectivity index (χ2v) is 6.30. The zero-order valence-corrected chi connectivity index (χ0v) is 12.8. The highest BCUT2D eigenvalue weighted by Crippen LogP contribution is 2.30. The van der Waals surface area contributed by atoms with Crippen molar-refractivity contribution in [3.05, 3.63) is 23.0 Å². The molecule has 0 spiro atoms. The molecule has 1 aromatic rings. The Morgan fingerprint density at radius 2 is 2.20 bits per heavy atom. The van der Waals surface area contributed by atoms with Crippen LogP contribution in [-0.2, 0) is 6.42 Å². The highest BCUT2D eigenvalue weighted by Gasteiger charge is 2.26. The molecule has 1 amide bonds. The summed E-state index contributed by atoms with van der Waals surface area (Å²) in [5.74, 6) is -0.0809. The monoisotopic (exact) mass is 276 g/mol. The molecule has 0 fully saturated rings. The number of rotatable bonds is 2. The van der Waals surface area contributed by atoms with Crippen molar-refractivity contribution < 1.29 is 4.79 Å². The quantitative estimate of drug-likeness (QED) is 0.814. The average molecular weight is 276 g/mol. The van der Waals surface area contributed by atoms with E-state index in [1.165, 1.54) is 5.57 Å². The maximum absolute atomic E-state index is 12.4. The van der Waals surface area contributed by atoms with Gasteiger partial charge in [0.05, 0.1) is 11.4 Å². The Balaban J connectivity index is 2.12. The maximum Gasteiger partial charge on any atom is 0.276 e. The van der Waals surface area contributed by atoms with Gasteiger partial charge in [0.2, 0.25) is 0 Å². The number of nitrogens with two attached hydrogens (primary N) is 1. The molecule has 20 heavy (non-hydrogen) atoms. The molecule has 1 aromatic heterocycles. The van der Waals surface area contributed by atoms with Gasteiger partial charge < -0.3 is 10.6 Å². The molecule has 3 N–H and O–H groups in total. The Kier molecular flexibility index (Phi) is 3.88. The van der Waals surface area contributed by atoms with Crippen molar-refractivity contribution in [3.8, 4) is 0 Å². The third-order valence-corrected chi connectivity index (χ3v) is 3.90. The number of carbonyl (C=O) groups excluding carboxylic acids is 1. The Bertz CT molecular complexity index is 537. The summed E-state index contributed by atoms with van der Waals surface area (Å²) < 4.78 is 0. The Morgan fingerprint density at radius 3 is 2.65 bits per heavy atom. The van der Waals surface area contributed by atoms with E-state index in [0.29, 0.717) is 17.9 Å². The molecule has 0 saturated heterocycles. The lowest BCUT2D eigenvalue weighted by molar-refractivity contribution is 0.0760. The Hall–Kier alpha value is -1.78. The molecule has 0 atom stereocenters. The van der Waals surface area contributed by atoms with Gasteiger partial charge in [-0.1, -0.05) is 39.3 Å². The van der Waals surface area contributed by atoms with Gasteiger partial charge in [0.15, 0.2) is 5.69 Å². The van der Waals surface area contributed by atoms with Gasteiger partial charge >= 0.3 is 0 Å². The fourth-order valence-corrected chi connectivity index (χ4v) is 2.50. The molecule has 5 nitrogen and oxygen atoms in total. The van der Waals surface area contributed by atoms with Gasteiger partial charge in [0.1, 0.15) is 0 Å². The molecule has 0 radical (unpaired) electrons. The number of hydrogen-bond donors (Lipinski definition) is 2. The molecule has 0 aromatic carbocycles. The number of amides is 1. The number of aromatic amines is 1. The molecule has 0 aliphatic carbocycles. The van der Waals surface area contributed by atoms with Crippen LogP contribution in [0.1, 0.15) is 50.3 Å². The summed E-state index contributed by atoms with van der Waals surface area (Å²) in [7, 11) is 0. The van der Waals surface area contributed by atoms with Gasteiger partial charge in [-0.15, -0.1) is 0 Å². The summed E-state index contributed by atoms with van der Waals surface area (Å²) in [6.07, 6.45) is 3.82. The van der Waals surface area contributed by atoms with Crippen LogP contribution in [0.2, 0.25) is 0 Å². The molecule has 1 aliphatic heterocycles. The minimum absolute atomic E-state index is 0.0809. The minimum Gasteiger partial charge on any atom is -0.395 e. The van der Waals surface area contributed by atoms with Crippen LogP contribution >= 0.6 is 0 Å². The molecule has 0 saturated carbocycles. The van der Waals surface area contributed by atoms with Crippen LogP contribution in [0, 0.1) is 5.41 Å². The van der Waals surface area contributed by atoms with Gasteiger partial charge in [-0.2, -0.15) is 5.10 Å². The van der Waals surface area contributed by atoms with E-state index >= 15 is 0 Å². The van der Waals surface area contributed by atoms with E-state index in [0.717, 1.165) is 25.1 Å². The second-order valence-electron chi connectivity index (χ2n) is 6.30. The predicted molar refractivity (Wildman–Crippen MR) is 80.4 cm³/mol.